The molecule has 0 saturated heterocycles. The van der Waals surface area contributed by atoms with Gasteiger partial charge < -0.3 is 30.2 Å². The molecular weight excluding hydrogens is 390 g/mol. The van der Waals surface area contributed by atoms with Crippen LogP contribution in [0.15, 0.2) is 48.1 Å². The number of amides is 2. The molecule has 0 bridgehead atoms. The van der Waals surface area contributed by atoms with Gasteiger partial charge in [0.05, 0.1) is 51.2 Å². The van der Waals surface area contributed by atoms with Gasteiger partial charge in [-0.2, -0.15) is 0 Å². The van der Waals surface area contributed by atoms with Crippen LogP contribution < -0.4 is 26.8 Å². The minimum absolute atomic E-state index is 0.174. The second-order valence-corrected chi connectivity index (χ2v) is 6.19. The summed E-state index contributed by atoms with van der Waals surface area (Å²) >= 11 is 0. The fourth-order valence-electron chi connectivity index (χ4n) is 2.42. The lowest BCUT2D eigenvalue weighted by atomic mass is 10.1. The summed E-state index contributed by atoms with van der Waals surface area (Å²) in [6.07, 6.45) is 3.51. The van der Waals surface area contributed by atoms with Crippen molar-refractivity contribution < 1.29 is 23.8 Å². The third-order valence-electron chi connectivity index (χ3n) is 3.98. The molecule has 1 aliphatic heterocycles. The molecule has 2 amide bonds. The zero-order valence-electron chi connectivity index (χ0n) is 17.2. The average molecular weight is 419 g/mol. The maximum atomic E-state index is 12.6. The largest absolute Gasteiger partial charge is 0.481 e. The monoisotopic (exact) mass is 419 g/mol. The molecule has 1 heterocycles. The van der Waals surface area contributed by atoms with E-state index in [2.05, 4.69) is 26.8 Å². The highest BCUT2D eigenvalue weighted by Gasteiger charge is 2.15. The second-order valence-electron chi connectivity index (χ2n) is 6.19. The summed E-state index contributed by atoms with van der Waals surface area (Å²) in [5.74, 6) is 0.367. The minimum Gasteiger partial charge on any atom is -0.481 e. The Bertz CT molecular complexity index is 766. The van der Waals surface area contributed by atoms with Gasteiger partial charge in [-0.1, -0.05) is 12.1 Å². The summed E-state index contributed by atoms with van der Waals surface area (Å²) < 4.78 is 15.8. The van der Waals surface area contributed by atoms with Crippen LogP contribution in [0.4, 0.5) is 5.69 Å². The number of hydrogen-bond acceptors (Lipinski definition) is 8. The van der Waals surface area contributed by atoms with Gasteiger partial charge in [-0.05, 0) is 25.3 Å². The van der Waals surface area contributed by atoms with Gasteiger partial charge in [0.2, 0.25) is 11.8 Å². The van der Waals surface area contributed by atoms with E-state index in [0.717, 1.165) is 6.54 Å². The van der Waals surface area contributed by atoms with E-state index >= 15 is 0 Å². The van der Waals surface area contributed by atoms with Gasteiger partial charge in [0, 0.05) is 12.6 Å². The van der Waals surface area contributed by atoms with Crippen LogP contribution in [0.25, 0.3) is 0 Å². The maximum Gasteiger partial charge on any atom is 0.258 e. The van der Waals surface area contributed by atoms with Crippen molar-refractivity contribution in [3.63, 3.8) is 0 Å². The number of hydrogen-bond donors (Lipinski definition) is 5. The maximum absolute atomic E-state index is 12.6. The van der Waals surface area contributed by atoms with Crippen molar-refractivity contribution in [3.8, 4) is 0 Å². The number of anilines is 1. The number of carbonyl (C=O) groups excluding carboxylic acids is 2. The topological polar surface area (TPSA) is 122 Å². The lowest BCUT2D eigenvalue weighted by Gasteiger charge is -2.19. The molecule has 164 valence electrons. The molecule has 0 atom stereocenters. The lowest BCUT2D eigenvalue weighted by molar-refractivity contribution is -0.117. The van der Waals surface area contributed by atoms with E-state index < -0.39 is 0 Å². The van der Waals surface area contributed by atoms with Crippen LogP contribution in [0.3, 0.4) is 0 Å². The Labute approximate surface area is 176 Å². The summed E-state index contributed by atoms with van der Waals surface area (Å²) in [5.41, 5.74) is 6.35. The Kier molecular flexibility index (Phi) is 10.2. The van der Waals surface area contributed by atoms with Gasteiger partial charge in [0.1, 0.15) is 5.82 Å². The van der Waals surface area contributed by atoms with Crippen LogP contribution >= 0.6 is 0 Å². The van der Waals surface area contributed by atoms with Crippen molar-refractivity contribution in [2.24, 2.45) is 0 Å². The minimum atomic E-state index is -0.365. The fraction of sp³-hybridized carbons (Fsp3) is 0.400. The molecule has 0 unspecified atom stereocenters. The van der Waals surface area contributed by atoms with Crippen molar-refractivity contribution in [1.82, 2.24) is 21.5 Å². The molecule has 30 heavy (non-hydrogen) atoms. The van der Waals surface area contributed by atoms with E-state index in [0.29, 0.717) is 42.8 Å². The summed E-state index contributed by atoms with van der Waals surface area (Å²) in [7, 11) is 3.39. The Hall–Kier alpha value is -3.08. The first kappa shape index (κ1) is 23.2. The van der Waals surface area contributed by atoms with Gasteiger partial charge in [0.15, 0.2) is 0 Å². The number of methoxy groups -OCH3 is 1. The highest BCUT2D eigenvalue weighted by Crippen LogP contribution is 2.16. The quantitative estimate of drug-likeness (QED) is 0.292. The van der Waals surface area contributed by atoms with Gasteiger partial charge >= 0.3 is 0 Å². The highest BCUT2D eigenvalue weighted by atomic mass is 16.5. The first-order chi connectivity index (χ1) is 14.6. The van der Waals surface area contributed by atoms with Crippen LogP contribution in [0.5, 0.6) is 0 Å². The van der Waals surface area contributed by atoms with Crippen molar-refractivity contribution in [2.75, 3.05) is 52.4 Å². The lowest BCUT2D eigenvalue weighted by Crippen LogP contribution is -2.41. The molecule has 5 N–H and O–H groups in total. The van der Waals surface area contributed by atoms with E-state index in [4.69, 9.17) is 14.2 Å². The molecule has 0 aromatic heterocycles. The van der Waals surface area contributed by atoms with E-state index in [1.54, 1.807) is 36.4 Å². The normalized spacial score (nSPS) is 12.7. The Morgan fingerprint density at radius 1 is 0.967 bits per heavy atom. The van der Waals surface area contributed by atoms with Gasteiger partial charge in [-0.3, -0.25) is 20.4 Å². The van der Waals surface area contributed by atoms with Gasteiger partial charge in [-0.25, -0.2) is 0 Å². The zero-order chi connectivity index (χ0) is 21.6. The molecule has 0 saturated carbocycles. The van der Waals surface area contributed by atoms with Crippen LogP contribution in [-0.2, 0) is 19.0 Å². The molecule has 2 rings (SSSR count). The summed E-state index contributed by atoms with van der Waals surface area (Å²) in [4.78, 5) is 24.8. The number of hydrazine groups is 1. The van der Waals surface area contributed by atoms with Crippen molar-refractivity contribution >= 4 is 17.5 Å². The average Bonchev–Trinajstić information content (AvgIpc) is 2.76. The molecule has 0 radical (unpaired) electrons. The number of rotatable bonds is 13. The molecule has 1 aromatic rings. The predicted octanol–water partition coefficient (Wildman–Crippen LogP) is 0.435. The molecule has 0 fully saturated rings. The Morgan fingerprint density at radius 3 is 2.43 bits per heavy atom. The number of para-hydroxylation sites is 1. The first-order valence-electron chi connectivity index (χ1n) is 9.62. The third kappa shape index (κ3) is 8.11. The molecular formula is C20H29N5O5. The molecule has 10 heteroatoms. The standard InChI is InChI=1S/C20H29N5O5/c1-21-10-12-30-14-13-29-11-9-18(26)22-16-6-4-3-5-15(16)20(27)23-17-7-8-19(28-2)25-24-17/h3-8,21,24-25H,9-14H2,1-2H3,(H,22,26)(H,23,27). The SMILES string of the molecule is CNCCOCCOCCC(=O)Nc1ccccc1C(=O)NC1=CC=C(OC)NN1. The van der Waals surface area contributed by atoms with Crippen LogP contribution in [0.1, 0.15) is 16.8 Å². The fourth-order valence-corrected chi connectivity index (χ4v) is 2.42. The molecule has 1 aliphatic rings. The van der Waals surface area contributed by atoms with E-state index in [9.17, 15) is 9.59 Å². The predicted molar refractivity (Wildman–Crippen MR) is 112 cm³/mol. The smallest absolute Gasteiger partial charge is 0.258 e. The van der Waals surface area contributed by atoms with Gasteiger partial charge in [0.25, 0.3) is 5.91 Å². The summed E-state index contributed by atoms with van der Waals surface area (Å²) in [6, 6.07) is 6.79. The number of benzene rings is 1. The number of ether oxygens (including phenoxy) is 3. The van der Waals surface area contributed by atoms with Gasteiger partial charge in [-0.15, -0.1) is 0 Å². The molecule has 0 aliphatic carbocycles. The second kappa shape index (κ2) is 13.2. The summed E-state index contributed by atoms with van der Waals surface area (Å²) in [6.45, 7) is 2.57. The molecule has 1 aromatic carbocycles. The van der Waals surface area contributed by atoms with Crippen molar-refractivity contribution in [2.45, 2.75) is 6.42 Å². The zero-order valence-corrected chi connectivity index (χ0v) is 17.2. The summed E-state index contributed by atoms with van der Waals surface area (Å²) in [5, 5.41) is 8.47. The third-order valence-corrected chi connectivity index (χ3v) is 3.98. The van der Waals surface area contributed by atoms with E-state index in [1.165, 1.54) is 7.11 Å². The molecule has 0 spiro atoms. The van der Waals surface area contributed by atoms with Crippen molar-refractivity contribution in [3.05, 3.63) is 53.7 Å². The number of likely N-dealkylation sites (N-methyl/N-ethyl adjacent to an activating group) is 1. The molecule has 10 nitrogen and oxygen atoms in total. The number of nitrogens with one attached hydrogen (secondary N) is 5. The van der Waals surface area contributed by atoms with Crippen LogP contribution in [-0.4, -0.2) is 58.9 Å². The van der Waals surface area contributed by atoms with E-state index in [1.807, 2.05) is 7.05 Å². The Morgan fingerprint density at radius 2 is 1.73 bits per heavy atom. The van der Waals surface area contributed by atoms with E-state index in [-0.39, 0.29) is 24.8 Å². The number of allylic oxidation sites excluding steroid dienone is 2. The first-order valence-corrected chi connectivity index (χ1v) is 9.62. The number of carbonyl (C=O) groups is 2. The highest BCUT2D eigenvalue weighted by molar-refractivity contribution is 6.04. The van der Waals surface area contributed by atoms with Crippen LogP contribution in [0.2, 0.25) is 0 Å². The van der Waals surface area contributed by atoms with Crippen LogP contribution in [0, 0.1) is 0 Å². The Balaban J connectivity index is 1.79. The van der Waals surface area contributed by atoms with Crippen molar-refractivity contribution in [1.29, 1.82) is 0 Å².